The van der Waals surface area contributed by atoms with Crippen molar-refractivity contribution in [3.05, 3.63) is 0 Å². The lowest BCUT2D eigenvalue weighted by Crippen LogP contribution is -1.81. The highest BCUT2D eigenvalue weighted by Crippen LogP contribution is 2.21. The van der Waals surface area contributed by atoms with Crippen LogP contribution < -0.4 is 0 Å². The summed E-state index contributed by atoms with van der Waals surface area (Å²) in [7, 11) is -2.14. The molecular weight excluding hydrogens is 211 g/mol. The van der Waals surface area contributed by atoms with Crippen LogP contribution in [0.3, 0.4) is 0 Å². The van der Waals surface area contributed by atoms with Crippen LogP contribution in [0.5, 0.6) is 0 Å². The highest BCUT2D eigenvalue weighted by Gasteiger charge is 1.91. The fourth-order valence-corrected chi connectivity index (χ4v) is 1.51. The minimum Gasteiger partial charge on any atom is -0.311 e. The Morgan fingerprint density at radius 2 is 1.20 bits per heavy atom. The van der Waals surface area contributed by atoms with Crippen molar-refractivity contribution in [1.82, 2.24) is 0 Å². The van der Waals surface area contributed by atoms with Gasteiger partial charge in [-0.3, -0.25) is 4.57 Å². The molecule has 0 radical (unpaired) electrons. The van der Waals surface area contributed by atoms with Crippen LogP contribution in [-0.4, -0.2) is 13.2 Å². The molecular formula is C11H27O3P. The van der Waals surface area contributed by atoms with Crippen molar-refractivity contribution < 1.29 is 13.6 Å². The predicted molar refractivity (Wildman–Crippen MR) is 66.7 cm³/mol. The summed E-state index contributed by atoms with van der Waals surface area (Å²) in [5.41, 5.74) is 0. The summed E-state index contributed by atoms with van der Waals surface area (Å²) < 4.78 is 19.6. The minimum atomic E-state index is -2.14. The Balaban J connectivity index is 0. The Hall–Kier alpha value is 0.150. The van der Waals surface area contributed by atoms with Gasteiger partial charge in [-0.2, -0.15) is 0 Å². The lowest BCUT2D eigenvalue weighted by atomic mass is 10.2. The zero-order valence-corrected chi connectivity index (χ0v) is 11.7. The molecule has 94 valence electrons. The summed E-state index contributed by atoms with van der Waals surface area (Å²) >= 11 is 0. The van der Waals surface area contributed by atoms with E-state index in [-0.39, 0.29) is 0 Å². The number of rotatable bonds is 8. The zero-order chi connectivity index (χ0) is 11.9. The zero-order valence-electron chi connectivity index (χ0n) is 10.7. The monoisotopic (exact) mass is 238 g/mol. The maximum Gasteiger partial charge on any atom is 0.319 e. The summed E-state index contributed by atoms with van der Waals surface area (Å²) in [4.78, 5) is 0. The van der Waals surface area contributed by atoms with Crippen LogP contribution in [0, 0.1) is 0 Å². The van der Waals surface area contributed by atoms with E-state index in [4.69, 9.17) is 0 Å². The Bertz CT molecular complexity index is 117. The van der Waals surface area contributed by atoms with Gasteiger partial charge in [0.15, 0.2) is 0 Å². The van der Waals surface area contributed by atoms with Gasteiger partial charge in [-0.15, -0.1) is 0 Å². The van der Waals surface area contributed by atoms with E-state index in [9.17, 15) is 4.57 Å². The number of unbranched alkanes of at least 4 members (excludes halogenated alkanes) is 4. The van der Waals surface area contributed by atoms with Gasteiger partial charge < -0.3 is 9.05 Å². The summed E-state index contributed by atoms with van der Waals surface area (Å²) in [6.07, 6.45) is 7.01. The predicted octanol–water partition coefficient (Wildman–Crippen LogP) is 4.43. The standard InChI is InChI=1S/C7H16.C4H11O3P/c1-3-5-7-6-4-2;1-3-6-8(5)7-4-2/h3-7H2,1-2H3;8H,3-4H2,1-2H3. The van der Waals surface area contributed by atoms with E-state index < -0.39 is 8.25 Å². The fraction of sp³-hybridized carbons (Fsp3) is 1.00. The molecule has 0 saturated carbocycles. The third-order valence-corrected chi connectivity index (χ3v) is 2.78. The molecule has 0 aromatic carbocycles. The summed E-state index contributed by atoms with van der Waals surface area (Å²) in [5.74, 6) is 0. The second-order valence-corrected chi connectivity index (χ2v) is 4.25. The topological polar surface area (TPSA) is 35.5 Å². The van der Waals surface area contributed by atoms with Crippen LogP contribution in [0.2, 0.25) is 0 Å². The molecule has 0 aromatic rings. The molecule has 0 spiro atoms. The molecule has 0 aromatic heterocycles. The molecule has 0 heterocycles. The van der Waals surface area contributed by atoms with Crippen LogP contribution in [0.25, 0.3) is 0 Å². The van der Waals surface area contributed by atoms with Crippen molar-refractivity contribution in [3.63, 3.8) is 0 Å². The van der Waals surface area contributed by atoms with Gasteiger partial charge in [0.1, 0.15) is 0 Å². The van der Waals surface area contributed by atoms with Crippen LogP contribution in [0.15, 0.2) is 0 Å². The second-order valence-electron chi connectivity index (χ2n) is 3.18. The van der Waals surface area contributed by atoms with Gasteiger partial charge in [-0.1, -0.05) is 46.0 Å². The van der Waals surface area contributed by atoms with Crippen molar-refractivity contribution in [2.45, 2.75) is 59.8 Å². The third-order valence-electron chi connectivity index (χ3n) is 1.73. The van der Waals surface area contributed by atoms with Crippen LogP contribution in [0.1, 0.15) is 59.8 Å². The molecule has 0 aliphatic rings. The van der Waals surface area contributed by atoms with Crippen molar-refractivity contribution >= 4 is 8.25 Å². The van der Waals surface area contributed by atoms with E-state index >= 15 is 0 Å². The molecule has 3 nitrogen and oxygen atoms in total. The average Bonchev–Trinajstić information content (AvgIpc) is 2.20. The maximum absolute atomic E-state index is 10.4. The molecule has 0 aliphatic heterocycles. The summed E-state index contributed by atoms with van der Waals surface area (Å²) in [5, 5.41) is 0. The molecule has 0 saturated heterocycles. The molecule has 0 amide bonds. The largest absolute Gasteiger partial charge is 0.319 e. The van der Waals surface area contributed by atoms with Gasteiger partial charge in [-0.25, -0.2) is 0 Å². The van der Waals surface area contributed by atoms with Gasteiger partial charge in [0, 0.05) is 0 Å². The van der Waals surface area contributed by atoms with Crippen molar-refractivity contribution in [2.75, 3.05) is 13.2 Å². The molecule has 0 fully saturated rings. The fourth-order valence-electron chi connectivity index (χ4n) is 0.954. The summed E-state index contributed by atoms with van der Waals surface area (Å²) in [6.45, 7) is 8.96. The van der Waals surface area contributed by atoms with Gasteiger partial charge in [0.25, 0.3) is 0 Å². The van der Waals surface area contributed by atoms with Crippen LogP contribution >= 0.6 is 8.25 Å². The smallest absolute Gasteiger partial charge is 0.311 e. The Morgan fingerprint density at radius 3 is 1.47 bits per heavy atom. The minimum absolute atomic E-state index is 0.456. The van der Waals surface area contributed by atoms with E-state index in [1.54, 1.807) is 13.8 Å². The molecule has 4 heteroatoms. The van der Waals surface area contributed by atoms with Gasteiger partial charge in [0.05, 0.1) is 13.2 Å². The van der Waals surface area contributed by atoms with Gasteiger partial charge in [-0.05, 0) is 13.8 Å². The maximum atomic E-state index is 10.4. The van der Waals surface area contributed by atoms with Crippen molar-refractivity contribution in [2.24, 2.45) is 0 Å². The van der Waals surface area contributed by atoms with Crippen LogP contribution in [-0.2, 0) is 13.6 Å². The van der Waals surface area contributed by atoms with E-state index in [1.165, 1.54) is 32.1 Å². The van der Waals surface area contributed by atoms with E-state index in [0.29, 0.717) is 13.2 Å². The highest BCUT2D eigenvalue weighted by atomic mass is 31.1. The number of hydrogen-bond acceptors (Lipinski definition) is 3. The molecule has 0 bridgehead atoms. The molecule has 0 rings (SSSR count). The lowest BCUT2D eigenvalue weighted by Gasteiger charge is -1.97. The van der Waals surface area contributed by atoms with Crippen molar-refractivity contribution in [3.8, 4) is 0 Å². The van der Waals surface area contributed by atoms with Crippen molar-refractivity contribution in [1.29, 1.82) is 0 Å². The highest BCUT2D eigenvalue weighted by molar-refractivity contribution is 7.33. The Morgan fingerprint density at radius 1 is 0.800 bits per heavy atom. The first-order chi connectivity index (χ1) is 7.22. The lowest BCUT2D eigenvalue weighted by molar-refractivity contribution is 0.243. The van der Waals surface area contributed by atoms with Crippen LogP contribution in [0.4, 0.5) is 0 Å². The molecule has 0 N–H and O–H groups in total. The third kappa shape index (κ3) is 20.3. The first-order valence-corrected chi connectivity index (χ1v) is 7.24. The number of hydrogen-bond donors (Lipinski definition) is 0. The van der Waals surface area contributed by atoms with Gasteiger partial charge >= 0.3 is 8.25 Å². The van der Waals surface area contributed by atoms with E-state index in [0.717, 1.165) is 0 Å². The average molecular weight is 238 g/mol. The van der Waals surface area contributed by atoms with E-state index in [1.807, 2.05) is 0 Å². The quantitative estimate of drug-likeness (QED) is 0.463. The Kier molecular flexibility index (Phi) is 19.4. The molecule has 0 atom stereocenters. The molecule has 0 unspecified atom stereocenters. The second kappa shape index (κ2) is 16.6. The molecule has 0 aliphatic carbocycles. The normalized spacial score (nSPS) is 9.93. The van der Waals surface area contributed by atoms with E-state index in [2.05, 4.69) is 22.9 Å². The summed E-state index contributed by atoms with van der Waals surface area (Å²) in [6, 6.07) is 0. The first kappa shape index (κ1) is 17.5. The first-order valence-electron chi connectivity index (χ1n) is 6.02. The Labute approximate surface area is 95.5 Å². The van der Waals surface area contributed by atoms with Gasteiger partial charge in [0.2, 0.25) is 0 Å². The SMILES string of the molecule is CCCCCCC.CCO[PH](=O)OCC. The molecule has 15 heavy (non-hydrogen) atoms.